The largest absolute Gasteiger partial charge is 0.494 e. The van der Waals surface area contributed by atoms with Gasteiger partial charge in [0.25, 0.3) is 5.91 Å². The van der Waals surface area contributed by atoms with Crippen LogP contribution in [0, 0.1) is 17.2 Å². The van der Waals surface area contributed by atoms with E-state index in [4.69, 9.17) is 24.4 Å². The molecule has 0 heterocycles. The van der Waals surface area contributed by atoms with Gasteiger partial charge >= 0.3 is 6.09 Å². The Hall–Kier alpha value is -3.75. The fraction of sp³-hybridized carbons (Fsp3) is 0.595. The van der Waals surface area contributed by atoms with Gasteiger partial charge in [0.1, 0.15) is 17.7 Å². The Morgan fingerprint density at radius 3 is 2.20 bits per heavy atom. The summed E-state index contributed by atoms with van der Waals surface area (Å²) in [6.07, 6.45) is 9.13. The Balaban J connectivity index is 1.35. The summed E-state index contributed by atoms with van der Waals surface area (Å²) in [5.74, 6) is 2.88. The van der Waals surface area contributed by atoms with Gasteiger partial charge in [-0.1, -0.05) is 40.5 Å². The minimum absolute atomic E-state index is 0.0141. The van der Waals surface area contributed by atoms with Crippen LogP contribution in [0.4, 0.5) is 4.79 Å². The second-order valence-corrected chi connectivity index (χ2v) is 12.4. The van der Waals surface area contributed by atoms with Gasteiger partial charge < -0.3 is 23.8 Å². The summed E-state index contributed by atoms with van der Waals surface area (Å²) in [5, 5.41) is 10.9. The van der Waals surface area contributed by atoms with E-state index in [9.17, 15) is 9.59 Å². The molecule has 0 radical (unpaired) electrons. The Labute approximate surface area is 275 Å². The second-order valence-electron chi connectivity index (χ2n) is 12.4. The topological polar surface area (TPSA) is 110 Å². The van der Waals surface area contributed by atoms with E-state index in [-0.39, 0.29) is 17.8 Å². The van der Waals surface area contributed by atoms with E-state index in [0.717, 1.165) is 70.9 Å². The van der Waals surface area contributed by atoms with E-state index in [0.29, 0.717) is 53.4 Å². The molecule has 2 aromatic rings. The Bertz CT molecular complexity index is 1230. The molecule has 3 unspecified atom stereocenters. The zero-order chi connectivity index (χ0) is 33.3. The maximum atomic E-state index is 12.9. The number of amidine groups is 1. The average Bonchev–Trinajstić information content (AvgIpc) is 3.05. The fourth-order valence-corrected chi connectivity index (χ4v) is 6.01. The molecule has 1 aliphatic carbocycles. The van der Waals surface area contributed by atoms with Crippen LogP contribution in [0.1, 0.15) is 108 Å². The molecule has 0 spiro atoms. The molecular weight excluding hydrogens is 582 g/mol. The predicted octanol–water partition coefficient (Wildman–Crippen LogP) is 8.24. The molecule has 0 saturated heterocycles. The molecule has 9 heteroatoms. The molecule has 0 aliphatic heterocycles. The number of rotatable bonds is 18. The van der Waals surface area contributed by atoms with Crippen LogP contribution in [0.25, 0.3) is 0 Å². The highest BCUT2D eigenvalue weighted by Crippen LogP contribution is 2.34. The van der Waals surface area contributed by atoms with Crippen molar-refractivity contribution in [1.29, 1.82) is 5.41 Å². The number of benzene rings is 2. The van der Waals surface area contributed by atoms with Gasteiger partial charge in [-0.15, -0.1) is 0 Å². The monoisotopic (exact) mass is 637 g/mol. The van der Waals surface area contributed by atoms with Crippen molar-refractivity contribution in [3.8, 4) is 17.2 Å². The number of ether oxygens (including phenoxy) is 4. The molecular formula is C37H55N3O6. The number of hydrogen-bond donors (Lipinski definition) is 2. The summed E-state index contributed by atoms with van der Waals surface area (Å²) in [4.78, 5) is 27.4. The molecule has 0 bridgehead atoms. The van der Waals surface area contributed by atoms with Crippen LogP contribution in [0.2, 0.25) is 0 Å². The molecule has 46 heavy (non-hydrogen) atoms. The van der Waals surface area contributed by atoms with E-state index in [1.54, 1.807) is 31.4 Å². The predicted molar refractivity (Wildman–Crippen MR) is 182 cm³/mol. The Morgan fingerprint density at radius 1 is 0.870 bits per heavy atom. The highest BCUT2D eigenvalue weighted by molar-refractivity contribution is 6.04. The van der Waals surface area contributed by atoms with Gasteiger partial charge in [-0.25, -0.2) is 4.79 Å². The summed E-state index contributed by atoms with van der Waals surface area (Å²) >= 11 is 0. The lowest BCUT2D eigenvalue weighted by molar-refractivity contribution is 0.0219. The van der Waals surface area contributed by atoms with Gasteiger partial charge in [-0.3, -0.25) is 15.5 Å². The number of amides is 2. The number of methoxy groups -OCH3 is 1. The van der Waals surface area contributed by atoms with Crippen molar-refractivity contribution in [3.05, 3.63) is 53.6 Å². The molecule has 1 saturated carbocycles. The molecule has 2 amide bonds. The minimum Gasteiger partial charge on any atom is -0.494 e. The summed E-state index contributed by atoms with van der Waals surface area (Å²) in [7, 11) is 1.59. The Kier molecular flexibility index (Phi) is 15.7. The highest BCUT2D eigenvalue weighted by atomic mass is 16.6. The van der Waals surface area contributed by atoms with E-state index < -0.39 is 6.09 Å². The first-order chi connectivity index (χ1) is 22.3. The standard InChI is InChI=1S/C37H55N3O6/c1-6-12-28-14-13-27(4)25-33(28)46-37(42)39-35(38)29-15-18-31(19-16-29)44-23-10-9-11-24-45-32-20-17-30(26-34(32)43-5)36(41)40(21-7-2)22-8-3/h15-20,26-28,33H,6-14,21-25H2,1-5H3,(H2,38,39,42). The normalized spacial score (nSPS) is 17.5. The molecule has 9 nitrogen and oxygen atoms in total. The number of carbonyl (C=O) groups excluding carboxylic acids is 2. The molecule has 3 rings (SSSR count). The molecule has 2 aromatic carbocycles. The minimum atomic E-state index is -0.554. The third-order valence-corrected chi connectivity index (χ3v) is 8.48. The second kappa shape index (κ2) is 19.7. The van der Waals surface area contributed by atoms with Gasteiger partial charge in [0.15, 0.2) is 11.5 Å². The smallest absolute Gasteiger partial charge is 0.413 e. The van der Waals surface area contributed by atoms with E-state index in [1.807, 2.05) is 23.1 Å². The third-order valence-electron chi connectivity index (χ3n) is 8.48. The molecule has 1 fully saturated rings. The van der Waals surface area contributed by atoms with Crippen LogP contribution in [0.5, 0.6) is 17.2 Å². The lowest BCUT2D eigenvalue weighted by atomic mass is 9.78. The van der Waals surface area contributed by atoms with Crippen molar-refractivity contribution in [2.45, 2.75) is 98.0 Å². The van der Waals surface area contributed by atoms with Crippen molar-refractivity contribution in [2.75, 3.05) is 33.4 Å². The van der Waals surface area contributed by atoms with Crippen LogP contribution in [0.15, 0.2) is 42.5 Å². The van der Waals surface area contributed by atoms with Crippen LogP contribution >= 0.6 is 0 Å². The van der Waals surface area contributed by atoms with Crippen LogP contribution < -0.4 is 19.5 Å². The molecule has 0 aromatic heterocycles. The molecule has 3 atom stereocenters. The van der Waals surface area contributed by atoms with Crippen molar-refractivity contribution < 1.29 is 28.5 Å². The first-order valence-corrected chi connectivity index (χ1v) is 17.2. The third kappa shape index (κ3) is 11.6. The van der Waals surface area contributed by atoms with Crippen LogP contribution in [-0.4, -0.2) is 62.3 Å². The van der Waals surface area contributed by atoms with Crippen molar-refractivity contribution in [3.63, 3.8) is 0 Å². The lowest BCUT2D eigenvalue weighted by Crippen LogP contribution is -2.39. The fourth-order valence-electron chi connectivity index (χ4n) is 6.01. The van der Waals surface area contributed by atoms with Crippen LogP contribution in [0.3, 0.4) is 0 Å². The average molecular weight is 638 g/mol. The zero-order valence-electron chi connectivity index (χ0n) is 28.6. The van der Waals surface area contributed by atoms with Crippen molar-refractivity contribution in [2.24, 2.45) is 11.8 Å². The summed E-state index contributed by atoms with van der Waals surface area (Å²) in [5.41, 5.74) is 1.20. The SMILES string of the molecule is CCCC1CCC(C)CC1OC(=O)NC(=N)c1ccc(OCCCCCOc2ccc(C(=O)N(CCC)CCC)cc2OC)cc1. The van der Waals surface area contributed by atoms with Crippen LogP contribution in [-0.2, 0) is 4.74 Å². The van der Waals surface area contributed by atoms with Gasteiger partial charge in [-0.05, 0) is 106 Å². The molecule has 2 N–H and O–H groups in total. The lowest BCUT2D eigenvalue weighted by Gasteiger charge is -2.34. The molecule has 254 valence electrons. The van der Waals surface area contributed by atoms with Gasteiger partial charge in [0.2, 0.25) is 0 Å². The van der Waals surface area contributed by atoms with Gasteiger partial charge in [0, 0.05) is 24.2 Å². The van der Waals surface area contributed by atoms with E-state index in [2.05, 4.69) is 33.0 Å². The van der Waals surface area contributed by atoms with E-state index >= 15 is 0 Å². The number of hydrogen-bond acceptors (Lipinski definition) is 7. The van der Waals surface area contributed by atoms with Crippen molar-refractivity contribution >= 4 is 17.8 Å². The van der Waals surface area contributed by atoms with Gasteiger partial charge in [0.05, 0.1) is 20.3 Å². The summed E-state index contributed by atoms with van der Waals surface area (Å²) < 4.78 is 23.1. The highest BCUT2D eigenvalue weighted by Gasteiger charge is 2.31. The van der Waals surface area contributed by atoms with Crippen molar-refractivity contribution in [1.82, 2.24) is 10.2 Å². The first-order valence-electron chi connectivity index (χ1n) is 17.2. The number of nitrogens with one attached hydrogen (secondary N) is 2. The summed E-state index contributed by atoms with van der Waals surface area (Å²) in [6.45, 7) is 11.1. The maximum absolute atomic E-state index is 12.9. The number of nitrogens with zero attached hydrogens (tertiary/aromatic N) is 1. The van der Waals surface area contributed by atoms with Gasteiger partial charge in [-0.2, -0.15) is 0 Å². The number of carbonyl (C=O) groups is 2. The summed E-state index contributed by atoms with van der Waals surface area (Å²) in [6, 6.07) is 12.5. The van der Waals surface area contributed by atoms with E-state index in [1.165, 1.54) is 6.42 Å². The number of alkyl carbamates (subject to hydrolysis) is 1. The first kappa shape index (κ1) is 36.7. The Morgan fingerprint density at radius 2 is 1.54 bits per heavy atom. The zero-order valence-corrected chi connectivity index (χ0v) is 28.6. The molecule has 1 aliphatic rings. The quantitative estimate of drug-likeness (QED) is 0.0968. The number of unbranched alkanes of at least 4 members (excludes halogenated alkanes) is 2. The maximum Gasteiger partial charge on any atom is 0.413 e.